The van der Waals surface area contributed by atoms with Gasteiger partial charge in [0.25, 0.3) is 0 Å². The SMILES string of the molecule is CC(=O)Nc1cc(OC[C@@H]2CCN2C)cnc1F. The van der Waals surface area contributed by atoms with Gasteiger partial charge in [-0.3, -0.25) is 9.69 Å². The number of ether oxygens (including phenoxy) is 1. The average Bonchev–Trinajstić information content (AvgIpc) is 2.31. The van der Waals surface area contributed by atoms with Crippen molar-refractivity contribution in [1.82, 2.24) is 9.88 Å². The molecular weight excluding hydrogens is 237 g/mol. The fraction of sp³-hybridized carbons (Fsp3) is 0.500. The van der Waals surface area contributed by atoms with E-state index < -0.39 is 5.95 Å². The Morgan fingerprint density at radius 3 is 3.06 bits per heavy atom. The summed E-state index contributed by atoms with van der Waals surface area (Å²) in [5.41, 5.74) is 0.0435. The zero-order valence-electron chi connectivity index (χ0n) is 10.4. The number of likely N-dealkylation sites (tertiary alicyclic amines) is 1. The number of halogens is 1. The predicted molar refractivity (Wildman–Crippen MR) is 65.0 cm³/mol. The molecule has 2 rings (SSSR count). The fourth-order valence-corrected chi connectivity index (χ4v) is 1.76. The number of nitrogens with zero attached hydrogens (tertiary/aromatic N) is 2. The van der Waals surface area contributed by atoms with Crippen LogP contribution in [0.25, 0.3) is 0 Å². The second kappa shape index (κ2) is 5.30. The number of carbonyl (C=O) groups excluding carboxylic acids is 1. The summed E-state index contributed by atoms with van der Waals surface area (Å²) in [6, 6.07) is 1.85. The minimum absolute atomic E-state index is 0.0435. The van der Waals surface area contributed by atoms with E-state index in [1.54, 1.807) is 0 Å². The second-order valence-electron chi connectivity index (χ2n) is 4.42. The van der Waals surface area contributed by atoms with Crippen LogP contribution in [0.15, 0.2) is 12.3 Å². The molecule has 0 unspecified atom stereocenters. The van der Waals surface area contributed by atoms with Crippen LogP contribution in [0.2, 0.25) is 0 Å². The Labute approximate surface area is 105 Å². The van der Waals surface area contributed by atoms with Crippen molar-refractivity contribution < 1.29 is 13.9 Å². The van der Waals surface area contributed by atoms with E-state index in [4.69, 9.17) is 4.74 Å². The van der Waals surface area contributed by atoms with Crippen molar-refractivity contribution in [2.45, 2.75) is 19.4 Å². The van der Waals surface area contributed by atoms with Gasteiger partial charge in [0, 0.05) is 19.0 Å². The predicted octanol–water partition coefficient (Wildman–Crippen LogP) is 1.26. The third-order valence-corrected chi connectivity index (χ3v) is 3.01. The topological polar surface area (TPSA) is 54.5 Å². The Balaban J connectivity index is 1.97. The van der Waals surface area contributed by atoms with Crippen LogP contribution in [0.5, 0.6) is 5.75 Å². The van der Waals surface area contributed by atoms with Crippen molar-refractivity contribution in [2.75, 3.05) is 25.5 Å². The summed E-state index contributed by atoms with van der Waals surface area (Å²) in [6.07, 6.45) is 2.42. The number of hydrogen-bond acceptors (Lipinski definition) is 4. The van der Waals surface area contributed by atoms with Crippen molar-refractivity contribution in [2.24, 2.45) is 0 Å². The Hall–Kier alpha value is -1.69. The molecule has 6 heteroatoms. The van der Waals surface area contributed by atoms with Crippen molar-refractivity contribution in [3.8, 4) is 5.75 Å². The molecule has 1 fully saturated rings. The molecule has 1 amide bonds. The molecule has 0 bridgehead atoms. The first-order chi connectivity index (χ1) is 8.56. The van der Waals surface area contributed by atoms with E-state index >= 15 is 0 Å². The second-order valence-corrected chi connectivity index (χ2v) is 4.42. The third kappa shape index (κ3) is 2.95. The van der Waals surface area contributed by atoms with E-state index in [0.29, 0.717) is 18.4 Å². The summed E-state index contributed by atoms with van der Waals surface area (Å²) < 4.78 is 18.8. The molecule has 0 radical (unpaired) electrons. The third-order valence-electron chi connectivity index (χ3n) is 3.01. The molecule has 0 spiro atoms. The van der Waals surface area contributed by atoms with Crippen LogP contribution in [0.1, 0.15) is 13.3 Å². The lowest BCUT2D eigenvalue weighted by Gasteiger charge is -2.37. The zero-order chi connectivity index (χ0) is 13.1. The number of nitrogens with one attached hydrogen (secondary N) is 1. The first-order valence-electron chi connectivity index (χ1n) is 5.82. The number of rotatable bonds is 4. The average molecular weight is 253 g/mol. The van der Waals surface area contributed by atoms with Crippen molar-refractivity contribution >= 4 is 11.6 Å². The van der Waals surface area contributed by atoms with Crippen molar-refractivity contribution in [3.63, 3.8) is 0 Å². The lowest BCUT2D eigenvalue weighted by Crippen LogP contribution is -2.48. The molecule has 1 aliphatic rings. The summed E-state index contributed by atoms with van der Waals surface area (Å²) in [5.74, 6) is -0.592. The molecule has 18 heavy (non-hydrogen) atoms. The molecule has 98 valence electrons. The van der Waals surface area contributed by atoms with E-state index in [1.165, 1.54) is 19.2 Å². The van der Waals surface area contributed by atoms with Gasteiger partial charge in [0.15, 0.2) is 0 Å². The van der Waals surface area contributed by atoms with Gasteiger partial charge < -0.3 is 10.1 Å². The van der Waals surface area contributed by atoms with Crippen LogP contribution in [-0.2, 0) is 4.79 Å². The number of anilines is 1. The molecule has 1 aromatic rings. The van der Waals surface area contributed by atoms with Gasteiger partial charge in [0.2, 0.25) is 11.9 Å². The zero-order valence-corrected chi connectivity index (χ0v) is 10.4. The maximum Gasteiger partial charge on any atom is 0.236 e. The molecule has 0 aromatic carbocycles. The highest BCUT2D eigenvalue weighted by molar-refractivity contribution is 5.88. The van der Waals surface area contributed by atoms with Gasteiger partial charge in [-0.2, -0.15) is 4.39 Å². The van der Waals surface area contributed by atoms with Gasteiger partial charge in [0.1, 0.15) is 18.0 Å². The molecule has 0 saturated carbocycles. The van der Waals surface area contributed by atoms with E-state index in [0.717, 1.165) is 13.0 Å². The quantitative estimate of drug-likeness (QED) is 0.821. The van der Waals surface area contributed by atoms with Crippen molar-refractivity contribution in [1.29, 1.82) is 0 Å². The molecule has 5 nitrogen and oxygen atoms in total. The molecule has 1 aromatic heterocycles. The summed E-state index contributed by atoms with van der Waals surface area (Å²) in [7, 11) is 2.03. The van der Waals surface area contributed by atoms with Crippen molar-refractivity contribution in [3.05, 3.63) is 18.2 Å². The Morgan fingerprint density at radius 2 is 2.50 bits per heavy atom. The number of hydrogen-bond donors (Lipinski definition) is 1. The van der Waals surface area contributed by atoms with Gasteiger partial charge in [0.05, 0.1) is 6.20 Å². The number of carbonyl (C=O) groups is 1. The maximum atomic E-state index is 13.3. The standard InChI is InChI=1S/C12H16FN3O2/c1-8(17)15-11-5-10(6-14-12(11)13)18-7-9-3-4-16(9)2/h5-6,9H,3-4,7H2,1-2H3,(H,15,17)/t9-/m0/s1. The lowest BCUT2D eigenvalue weighted by atomic mass is 10.1. The van der Waals surface area contributed by atoms with Crippen LogP contribution in [0, 0.1) is 5.95 Å². The fourth-order valence-electron chi connectivity index (χ4n) is 1.76. The van der Waals surface area contributed by atoms with Crippen LogP contribution in [-0.4, -0.2) is 42.0 Å². The number of amides is 1. The van der Waals surface area contributed by atoms with E-state index in [-0.39, 0.29) is 11.6 Å². The highest BCUT2D eigenvalue weighted by Gasteiger charge is 2.24. The molecule has 2 heterocycles. The van der Waals surface area contributed by atoms with E-state index in [2.05, 4.69) is 15.2 Å². The molecule has 1 aliphatic heterocycles. The van der Waals surface area contributed by atoms with Gasteiger partial charge in [-0.25, -0.2) is 4.98 Å². The van der Waals surface area contributed by atoms with Crippen LogP contribution < -0.4 is 10.1 Å². The Bertz CT molecular complexity index is 453. The molecule has 1 N–H and O–H groups in total. The number of pyridine rings is 1. The number of aromatic nitrogens is 1. The lowest BCUT2D eigenvalue weighted by molar-refractivity contribution is -0.114. The molecule has 1 atom stereocenters. The Morgan fingerprint density at radius 1 is 1.72 bits per heavy atom. The summed E-state index contributed by atoms with van der Waals surface area (Å²) in [6.45, 7) is 2.94. The first-order valence-corrected chi connectivity index (χ1v) is 5.82. The summed E-state index contributed by atoms with van der Waals surface area (Å²) in [4.78, 5) is 16.6. The summed E-state index contributed by atoms with van der Waals surface area (Å²) >= 11 is 0. The Kier molecular flexibility index (Phi) is 3.76. The monoisotopic (exact) mass is 253 g/mol. The van der Waals surface area contributed by atoms with Crippen LogP contribution in [0.3, 0.4) is 0 Å². The van der Waals surface area contributed by atoms with Crippen LogP contribution >= 0.6 is 0 Å². The van der Waals surface area contributed by atoms with E-state index in [1.807, 2.05) is 7.05 Å². The number of likely N-dealkylation sites (N-methyl/N-ethyl adjacent to an activating group) is 1. The molecule has 0 aliphatic carbocycles. The van der Waals surface area contributed by atoms with Gasteiger partial charge >= 0.3 is 0 Å². The minimum atomic E-state index is -0.710. The highest BCUT2D eigenvalue weighted by atomic mass is 19.1. The normalized spacial score (nSPS) is 19.2. The van der Waals surface area contributed by atoms with E-state index in [9.17, 15) is 9.18 Å². The minimum Gasteiger partial charge on any atom is -0.490 e. The largest absolute Gasteiger partial charge is 0.490 e. The van der Waals surface area contributed by atoms with Crippen LogP contribution in [0.4, 0.5) is 10.1 Å². The smallest absolute Gasteiger partial charge is 0.236 e. The van der Waals surface area contributed by atoms with Gasteiger partial charge in [-0.1, -0.05) is 0 Å². The highest BCUT2D eigenvalue weighted by Crippen LogP contribution is 2.21. The molecular formula is C12H16FN3O2. The maximum absolute atomic E-state index is 13.3. The van der Waals surface area contributed by atoms with Gasteiger partial charge in [-0.05, 0) is 20.0 Å². The summed E-state index contributed by atoms with van der Waals surface area (Å²) in [5, 5.41) is 2.37. The first kappa shape index (κ1) is 12.8. The van der Waals surface area contributed by atoms with Gasteiger partial charge in [-0.15, -0.1) is 0 Å². The molecule has 1 saturated heterocycles.